The number of fused-ring (bicyclic) bond motifs is 2. The van der Waals surface area contributed by atoms with E-state index in [1.165, 1.54) is 60.7 Å². The number of amides is 3. The van der Waals surface area contributed by atoms with Crippen molar-refractivity contribution in [3.05, 3.63) is 0 Å². The number of esters is 2. The molecule has 19 heteroatoms. The van der Waals surface area contributed by atoms with Crippen LogP contribution in [-0.2, 0) is 57.2 Å². The summed E-state index contributed by atoms with van der Waals surface area (Å²) >= 11 is 0. The van der Waals surface area contributed by atoms with Gasteiger partial charge in [-0.3, -0.25) is 19.2 Å². The molecule has 346 valence electrons. The van der Waals surface area contributed by atoms with Crippen molar-refractivity contribution >= 4 is 41.4 Å². The minimum atomic E-state index is -3.56. The number of aliphatic hydroxyl groups is 1. The van der Waals surface area contributed by atoms with E-state index in [9.17, 15) is 33.9 Å². The van der Waals surface area contributed by atoms with Crippen LogP contribution in [0.2, 0.25) is 0 Å². The number of carbonyl (C=O) groups excluding carboxylic acids is 7. The number of unbranched alkanes of at least 4 members (excludes halogenated alkanes) is 1. The first-order valence-corrected chi connectivity index (χ1v) is 21.2. The van der Waals surface area contributed by atoms with Crippen molar-refractivity contribution < 1.29 is 71.5 Å². The standard InChI is InChI=1S/C42H67FN4O14/c1-14-27-41(9)30(47(38(55)61-41)18-16-15-17-28(48)44-24(5)34(52)45-25(6)35(53)56-12)22(3)31(50)39(7)20-40(8,57-13)33(23(4)32(51)42(39,43)37(54)59-27)60-36-29(49)26(46(10)11)19-21(2)58-36/h21-27,29-30,33,36,49H,14-20H2,1-13H3,(H,44,48)(H,45,52)/t21-,22-,23+,24+,25+,26+,27-,29-,30+,33-,36-,39-,40+,41-,42-/m1/s1. The van der Waals surface area contributed by atoms with E-state index >= 15 is 9.18 Å². The lowest BCUT2D eigenvalue weighted by Crippen LogP contribution is -2.62. The Hall–Kier alpha value is -3.78. The third-order valence-corrected chi connectivity index (χ3v) is 13.5. The summed E-state index contributed by atoms with van der Waals surface area (Å²) in [6.45, 7) is 13.5. The second kappa shape index (κ2) is 18.9. The highest BCUT2D eigenvalue weighted by Gasteiger charge is 2.74. The number of ether oxygens (including phenoxy) is 6. The van der Waals surface area contributed by atoms with Crippen LogP contribution in [-0.4, -0.2) is 163 Å². The second-order valence-corrected chi connectivity index (χ2v) is 18.1. The summed E-state index contributed by atoms with van der Waals surface area (Å²) < 4.78 is 53.3. The lowest BCUT2D eigenvalue weighted by molar-refractivity contribution is -0.294. The van der Waals surface area contributed by atoms with Gasteiger partial charge in [0.15, 0.2) is 17.7 Å². The van der Waals surface area contributed by atoms with Crippen molar-refractivity contribution in [2.24, 2.45) is 17.3 Å². The number of Topliss-reactive ketones (excluding diaryl/α,β-unsaturated/α-hetero) is 2. The van der Waals surface area contributed by atoms with E-state index in [0.717, 1.165) is 0 Å². The van der Waals surface area contributed by atoms with Crippen LogP contribution >= 0.6 is 0 Å². The zero-order chi connectivity index (χ0) is 46.2. The molecule has 0 aromatic heterocycles. The number of hydrogen-bond donors (Lipinski definition) is 3. The van der Waals surface area contributed by atoms with Gasteiger partial charge in [0.25, 0.3) is 5.67 Å². The van der Waals surface area contributed by atoms with Gasteiger partial charge in [-0.15, -0.1) is 0 Å². The molecule has 15 atom stereocenters. The number of ketones is 2. The number of aliphatic hydroxyl groups excluding tert-OH is 1. The molecular formula is C42H67FN4O14. The van der Waals surface area contributed by atoms with Gasteiger partial charge in [-0.05, 0) is 87.7 Å². The van der Waals surface area contributed by atoms with Gasteiger partial charge in [-0.2, -0.15) is 0 Å². The second-order valence-electron chi connectivity index (χ2n) is 18.1. The van der Waals surface area contributed by atoms with E-state index in [-0.39, 0.29) is 44.4 Å². The van der Waals surface area contributed by atoms with E-state index in [1.54, 1.807) is 27.9 Å². The molecule has 0 radical (unpaired) electrons. The Bertz CT molecular complexity index is 1700. The smallest absolute Gasteiger partial charge is 0.410 e. The van der Waals surface area contributed by atoms with Gasteiger partial charge in [-0.1, -0.05) is 20.8 Å². The Morgan fingerprint density at radius 1 is 0.984 bits per heavy atom. The zero-order valence-corrected chi connectivity index (χ0v) is 37.8. The van der Waals surface area contributed by atoms with E-state index in [4.69, 9.17) is 23.7 Å². The monoisotopic (exact) mass is 870 g/mol. The summed E-state index contributed by atoms with van der Waals surface area (Å²) in [6, 6.07) is -3.40. The maximum absolute atomic E-state index is 18.4. The largest absolute Gasteiger partial charge is 0.467 e. The van der Waals surface area contributed by atoms with E-state index in [1.807, 2.05) is 11.8 Å². The molecule has 0 aromatic carbocycles. The molecule has 4 fully saturated rings. The number of methoxy groups -OCH3 is 2. The summed E-state index contributed by atoms with van der Waals surface area (Å²) in [5, 5.41) is 16.4. The molecular weight excluding hydrogens is 803 g/mol. The van der Waals surface area contributed by atoms with Crippen molar-refractivity contribution in [2.75, 3.05) is 34.9 Å². The fraction of sp³-hybridized carbons (Fsp3) is 0.833. The van der Waals surface area contributed by atoms with Crippen LogP contribution in [0, 0.1) is 17.3 Å². The van der Waals surface area contributed by atoms with Crippen LogP contribution in [0.1, 0.15) is 101 Å². The van der Waals surface area contributed by atoms with Crippen LogP contribution < -0.4 is 10.6 Å². The van der Waals surface area contributed by atoms with Gasteiger partial charge in [0.1, 0.15) is 30.1 Å². The summed E-state index contributed by atoms with van der Waals surface area (Å²) in [6.07, 6.45) is -5.89. The maximum atomic E-state index is 18.4. The van der Waals surface area contributed by atoms with Crippen LogP contribution in [0.3, 0.4) is 0 Å². The Morgan fingerprint density at radius 3 is 2.20 bits per heavy atom. The minimum Gasteiger partial charge on any atom is -0.467 e. The van der Waals surface area contributed by atoms with E-state index < -0.39 is 125 Å². The molecule has 3 N–H and O–H groups in total. The fourth-order valence-electron chi connectivity index (χ4n) is 9.97. The van der Waals surface area contributed by atoms with Crippen molar-refractivity contribution in [1.29, 1.82) is 0 Å². The quantitative estimate of drug-likeness (QED) is 0.0983. The van der Waals surface area contributed by atoms with Gasteiger partial charge < -0.3 is 54.0 Å². The molecule has 0 aromatic rings. The average Bonchev–Trinajstić information content (AvgIpc) is 3.45. The molecule has 3 heterocycles. The van der Waals surface area contributed by atoms with Gasteiger partial charge in [0.05, 0.1) is 36.4 Å². The number of rotatable bonds is 14. The van der Waals surface area contributed by atoms with Crippen LogP contribution in [0.5, 0.6) is 0 Å². The van der Waals surface area contributed by atoms with Crippen molar-refractivity contribution in [1.82, 2.24) is 20.4 Å². The highest BCUT2D eigenvalue weighted by molar-refractivity contribution is 6.14. The molecule has 4 rings (SSSR count). The molecule has 0 spiro atoms. The number of nitrogens with one attached hydrogen (secondary N) is 2. The molecule has 3 aliphatic heterocycles. The first-order valence-electron chi connectivity index (χ1n) is 21.2. The highest BCUT2D eigenvalue weighted by atomic mass is 19.1. The molecule has 3 saturated heterocycles. The molecule has 0 unspecified atom stereocenters. The van der Waals surface area contributed by atoms with Gasteiger partial charge >= 0.3 is 18.0 Å². The summed E-state index contributed by atoms with van der Waals surface area (Å²) in [7, 11) is 6.11. The topological polar surface area (TPSA) is 226 Å². The molecule has 4 aliphatic rings. The van der Waals surface area contributed by atoms with Crippen molar-refractivity contribution in [2.45, 2.75) is 173 Å². The van der Waals surface area contributed by atoms with E-state index in [2.05, 4.69) is 15.4 Å². The third kappa shape index (κ3) is 9.17. The molecule has 0 bridgehead atoms. The summed E-state index contributed by atoms with van der Waals surface area (Å²) in [5.41, 5.74) is -9.31. The van der Waals surface area contributed by atoms with Gasteiger partial charge in [-0.25, -0.2) is 18.8 Å². The van der Waals surface area contributed by atoms with Crippen LogP contribution in [0.4, 0.5) is 9.18 Å². The fourth-order valence-corrected chi connectivity index (χ4v) is 9.97. The number of alkyl halides is 1. The number of cyclic esters (lactones) is 1. The molecule has 61 heavy (non-hydrogen) atoms. The Labute approximate surface area is 357 Å². The lowest BCUT2D eigenvalue weighted by Gasteiger charge is -2.46. The number of likely N-dealkylation sites (N-methyl/N-ethyl adjacent to an activating group) is 1. The van der Waals surface area contributed by atoms with Crippen molar-refractivity contribution in [3.8, 4) is 0 Å². The number of nitrogens with zero attached hydrogens (tertiary/aromatic N) is 2. The first-order chi connectivity index (χ1) is 28.3. The number of halogens is 1. The molecule has 1 aliphatic carbocycles. The third-order valence-electron chi connectivity index (χ3n) is 13.5. The highest BCUT2D eigenvalue weighted by Crippen LogP contribution is 2.55. The number of hydrogen-bond acceptors (Lipinski definition) is 15. The lowest BCUT2D eigenvalue weighted by atomic mass is 9.61. The van der Waals surface area contributed by atoms with E-state index in [0.29, 0.717) is 6.42 Å². The predicted molar refractivity (Wildman–Crippen MR) is 214 cm³/mol. The van der Waals surface area contributed by atoms with Crippen LogP contribution in [0.25, 0.3) is 0 Å². The zero-order valence-electron chi connectivity index (χ0n) is 37.8. The molecule has 3 amide bonds. The normalized spacial score (nSPS) is 39.0. The van der Waals surface area contributed by atoms with Gasteiger partial charge in [0, 0.05) is 38.0 Å². The van der Waals surface area contributed by atoms with Gasteiger partial charge in [0.2, 0.25) is 11.8 Å². The Kier molecular flexibility index (Phi) is 15.5. The number of carbonyl (C=O) groups is 7. The van der Waals surface area contributed by atoms with Crippen molar-refractivity contribution in [3.63, 3.8) is 0 Å². The predicted octanol–water partition coefficient (Wildman–Crippen LogP) is 2.00. The minimum absolute atomic E-state index is 0.0176. The molecule has 18 nitrogen and oxygen atoms in total. The first kappa shape index (κ1) is 49.9. The Balaban J connectivity index is 1.64. The Morgan fingerprint density at radius 2 is 1.62 bits per heavy atom. The maximum Gasteiger partial charge on any atom is 0.410 e. The molecule has 1 saturated carbocycles. The average molecular weight is 871 g/mol. The summed E-state index contributed by atoms with van der Waals surface area (Å²) in [4.78, 5) is 98.2. The summed E-state index contributed by atoms with van der Waals surface area (Å²) in [5.74, 6) is -8.10. The van der Waals surface area contributed by atoms with Crippen LogP contribution in [0.15, 0.2) is 0 Å². The SMILES string of the molecule is CC[C@H]1OC(=O)[C@]2(F)C(=O)[C@H](C)[C@@H](O[C@H]3O[C@H](C)C[C@H](N(C)C)[C@H]3O)[C@@](C)(OC)C[C@]2(C)C(=O)[C@H](C)[C@@H]2N(CCCCC(=O)N[C@@H](C)C(=O)N[C@@H](C)C(=O)OC)C(=O)O[C@@]21C.